The molecule has 3 nitrogen and oxygen atoms in total. The van der Waals surface area contributed by atoms with E-state index in [1.807, 2.05) is 26.8 Å². The first-order valence-corrected chi connectivity index (χ1v) is 9.48. The number of hydrogen-bond donors (Lipinski definition) is 0. The van der Waals surface area contributed by atoms with Crippen LogP contribution in [0.4, 0.5) is 4.39 Å². The summed E-state index contributed by atoms with van der Waals surface area (Å²) in [5.41, 5.74) is 3.04. The lowest BCUT2D eigenvalue weighted by Gasteiger charge is -2.25. The second kappa shape index (κ2) is 6.71. The van der Waals surface area contributed by atoms with Gasteiger partial charge >= 0.3 is 0 Å². The van der Waals surface area contributed by atoms with Crippen molar-refractivity contribution in [1.29, 1.82) is 0 Å². The normalized spacial score (nSPS) is 20.2. The summed E-state index contributed by atoms with van der Waals surface area (Å²) in [6.07, 6.45) is 5.41. The molecule has 1 saturated carbocycles. The molecule has 5 heteroatoms. The monoisotopic (exact) mass is 346 g/mol. The minimum atomic E-state index is -1.19. The van der Waals surface area contributed by atoms with E-state index in [2.05, 4.69) is 9.38 Å². The Hall–Kier alpha value is -1.62. The van der Waals surface area contributed by atoms with Crippen LogP contribution >= 0.6 is 0 Å². The topological polar surface area (TPSA) is 42.3 Å². The minimum absolute atomic E-state index is 0.226. The molecular weight excluding hydrogens is 323 g/mol. The van der Waals surface area contributed by atoms with Gasteiger partial charge in [0.1, 0.15) is 16.8 Å². The summed E-state index contributed by atoms with van der Waals surface area (Å²) >= 11 is 0. The molecule has 24 heavy (non-hydrogen) atoms. The van der Waals surface area contributed by atoms with Crippen molar-refractivity contribution in [3.63, 3.8) is 0 Å². The summed E-state index contributed by atoms with van der Waals surface area (Å²) in [4.78, 5) is 4.33. The standard InChI is InChI=1S/C19H23FN2OS/c1-19(2,3)24(23)22-15-7-4-13(5-8-15)16-10-11-21-18-9-6-14(20)12-17(16)18/h6,9-13H,4-5,7-8H2,1-3H3. The highest BCUT2D eigenvalue weighted by molar-refractivity contribution is 7.85. The van der Waals surface area contributed by atoms with E-state index in [-0.39, 0.29) is 10.6 Å². The van der Waals surface area contributed by atoms with Crippen molar-refractivity contribution < 1.29 is 8.60 Å². The van der Waals surface area contributed by atoms with Crippen LogP contribution < -0.4 is 0 Å². The quantitative estimate of drug-likeness (QED) is 0.773. The number of aromatic nitrogens is 1. The molecule has 128 valence electrons. The molecule has 1 aliphatic rings. The molecule has 0 bridgehead atoms. The fraction of sp³-hybridized carbons (Fsp3) is 0.474. The lowest BCUT2D eigenvalue weighted by Crippen LogP contribution is -2.22. The van der Waals surface area contributed by atoms with Gasteiger partial charge in [0.25, 0.3) is 0 Å². The third-order valence-corrected chi connectivity index (χ3v) is 5.95. The average Bonchev–Trinajstić information content (AvgIpc) is 2.54. The van der Waals surface area contributed by atoms with Crippen molar-refractivity contribution in [1.82, 2.24) is 4.98 Å². The van der Waals surface area contributed by atoms with Crippen molar-refractivity contribution in [2.45, 2.75) is 57.1 Å². The molecule has 0 saturated heterocycles. The highest BCUT2D eigenvalue weighted by atomic mass is 32.2. The van der Waals surface area contributed by atoms with Crippen LogP contribution in [-0.4, -0.2) is 19.7 Å². The smallest absolute Gasteiger partial charge is 0.144 e. The highest BCUT2D eigenvalue weighted by Crippen LogP contribution is 2.35. The number of halogens is 1. The average molecular weight is 346 g/mol. The lowest BCUT2D eigenvalue weighted by atomic mass is 9.82. The third-order valence-electron chi connectivity index (χ3n) is 4.48. The molecule has 1 aromatic carbocycles. The molecule has 1 heterocycles. The Morgan fingerprint density at radius 1 is 1.21 bits per heavy atom. The molecule has 1 fully saturated rings. The maximum absolute atomic E-state index is 13.6. The Labute approximate surface area is 145 Å². The van der Waals surface area contributed by atoms with Crippen molar-refractivity contribution in [2.75, 3.05) is 0 Å². The van der Waals surface area contributed by atoms with Crippen LogP contribution in [0.15, 0.2) is 34.9 Å². The van der Waals surface area contributed by atoms with Crippen LogP contribution in [-0.2, 0) is 11.0 Å². The Bertz CT molecular complexity index is 801. The Balaban J connectivity index is 1.79. The van der Waals surface area contributed by atoms with E-state index in [9.17, 15) is 8.60 Å². The van der Waals surface area contributed by atoms with Gasteiger partial charge in [0.2, 0.25) is 0 Å². The number of nitrogens with zero attached hydrogens (tertiary/aromatic N) is 2. The summed E-state index contributed by atoms with van der Waals surface area (Å²) in [6.45, 7) is 5.82. The summed E-state index contributed by atoms with van der Waals surface area (Å²) in [5.74, 6) is 0.148. The maximum atomic E-state index is 13.6. The molecule has 0 radical (unpaired) electrons. The first kappa shape index (κ1) is 17.2. The molecule has 1 aromatic heterocycles. The van der Waals surface area contributed by atoms with Gasteiger partial charge in [-0.05, 0) is 82.2 Å². The van der Waals surface area contributed by atoms with Crippen LogP contribution in [0, 0.1) is 5.82 Å². The third kappa shape index (κ3) is 3.72. The summed E-state index contributed by atoms with van der Waals surface area (Å²) < 4.78 is 29.9. The predicted molar refractivity (Wildman–Crippen MR) is 98.2 cm³/mol. The number of rotatable bonds is 2. The molecule has 1 atom stereocenters. The zero-order chi connectivity index (χ0) is 17.3. The first-order chi connectivity index (χ1) is 11.3. The molecular formula is C19H23FN2OS. The van der Waals surface area contributed by atoms with Gasteiger partial charge in [-0.25, -0.2) is 8.60 Å². The van der Waals surface area contributed by atoms with Crippen LogP contribution in [0.25, 0.3) is 10.9 Å². The van der Waals surface area contributed by atoms with Crippen molar-refractivity contribution >= 4 is 27.6 Å². The van der Waals surface area contributed by atoms with Gasteiger partial charge in [-0.2, -0.15) is 4.40 Å². The second-order valence-corrected chi connectivity index (χ2v) is 9.26. The van der Waals surface area contributed by atoms with Crippen molar-refractivity contribution in [3.8, 4) is 0 Å². The summed E-state index contributed by atoms with van der Waals surface area (Å²) in [6, 6.07) is 6.76. The van der Waals surface area contributed by atoms with Gasteiger partial charge in [-0.1, -0.05) is 0 Å². The van der Waals surface area contributed by atoms with Crippen LogP contribution in [0.2, 0.25) is 0 Å². The maximum Gasteiger partial charge on any atom is 0.144 e. The van der Waals surface area contributed by atoms with Crippen LogP contribution in [0.1, 0.15) is 57.9 Å². The van der Waals surface area contributed by atoms with E-state index in [1.54, 1.807) is 18.3 Å². The van der Waals surface area contributed by atoms with E-state index in [0.717, 1.165) is 47.9 Å². The zero-order valence-corrected chi connectivity index (χ0v) is 15.2. The molecule has 0 amide bonds. The molecule has 2 aromatic rings. The largest absolute Gasteiger partial charge is 0.256 e. The predicted octanol–water partition coefficient (Wildman–Crippen LogP) is 4.93. The van der Waals surface area contributed by atoms with Gasteiger partial charge < -0.3 is 0 Å². The van der Waals surface area contributed by atoms with Gasteiger partial charge in [0.15, 0.2) is 0 Å². The number of fused-ring (bicyclic) bond motifs is 1. The first-order valence-electron chi connectivity index (χ1n) is 8.37. The minimum Gasteiger partial charge on any atom is -0.256 e. The van der Waals surface area contributed by atoms with Crippen molar-refractivity contribution in [2.24, 2.45) is 4.40 Å². The fourth-order valence-electron chi connectivity index (χ4n) is 3.10. The van der Waals surface area contributed by atoms with Crippen LogP contribution in [0.5, 0.6) is 0 Å². The molecule has 1 aliphatic carbocycles. The van der Waals surface area contributed by atoms with Gasteiger partial charge in [0, 0.05) is 17.3 Å². The molecule has 3 rings (SSSR count). The molecule has 1 unspecified atom stereocenters. The lowest BCUT2D eigenvalue weighted by molar-refractivity contribution is 0.569. The van der Waals surface area contributed by atoms with E-state index < -0.39 is 11.0 Å². The number of pyridine rings is 1. The van der Waals surface area contributed by atoms with Gasteiger partial charge in [0.05, 0.1) is 10.3 Å². The van der Waals surface area contributed by atoms with Gasteiger partial charge in [-0.3, -0.25) is 4.98 Å². The van der Waals surface area contributed by atoms with E-state index in [0.29, 0.717) is 5.92 Å². The van der Waals surface area contributed by atoms with Crippen molar-refractivity contribution in [3.05, 3.63) is 41.8 Å². The molecule has 0 spiro atoms. The number of benzene rings is 1. The van der Waals surface area contributed by atoms with Gasteiger partial charge in [-0.15, -0.1) is 0 Å². The Morgan fingerprint density at radius 2 is 1.92 bits per heavy atom. The van der Waals surface area contributed by atoms with E-state index >= 15 is 0 Å². The Kier molecular flexibility index (Phi) is 4.81. The molecule has 0 aliphatic heterocycles. The Morgan fingerprint density at radius 3 is 2.58 bits per heavy atom. The SMILES string of the molecule is CC(C)(C)S(=O)N=C1CCC(c2ccnc3ccc(F)cc23)CC1. The molecule has 0 N–H and O–H groups in total. The highest BCUT2D eigenvalue weighted by Gasteiger charge is 2.24. The van der Waals surface area contributed by atoms with E-state index in [4.69, 9.17) is 0 Å². The fourth-order valence-corrected chi connectivity index (χ4v) is 3.79. The second-order valence-electron chi connectivity index (χ2n) is 7.35. The number of hydrogen-bond acceptors (Lipinski definition) is 2. The van der Waals surface area contributed by atoms with Crippen LogP contribution in [0.3, 0.4) is 0 Å². The van der Waals surface area contributed by atoms with E-state index in [1.165, 1.54) is 6.07 Å². The summed E-state index contributed by atoms with van der Waals surface area (Å²) in [7, 11) is -1.19. The summed E-state index contributed by atoms with van der Waals surface area (Å²) in [5, 5.41) is 0.904. The zero-order valence-electron chi connectivity index (χ0n) is 14.4.